The molecule has 0 radical (unpaired) electrons. The molecule has 1 N–H and O–H groups in total. The van der Waals surface area contributed by atoms with Crippen LogP contribution >= 0.6 is 11.8 Å². The van der Waals surface area contributed by atoms with E-state index in [1.807, 2.05) is 85.8 Å². The lowest BCUT2D eigenvalue weighted by molar-refractivity contribution is -0.115. The van der Waals surface area contributed by atoms with Gasteiger partial charge in [0, 0.05) is 0 Å². The number of amides is 1. The number of amidine groups is 1. The van der Waals surface area contributed by atoms with Crippen LogP contribution in [-0.2, 0) is 11.4 Å². The van der Waals surface area contributed by atoms with E-state index in [2.05, 4.69) is 10.3 Å². The number of hydrogen-bond acceptors (Lipinski definition) is 5. The largest absolute Gasteiger partial charge is 0.497 e. The number of nitrogens with one attached hydrogen (secondary N) is 1. The van der Waals surface area contributed by atoms with Gasteiger partial charge in [0.1, 0.15) is 18.1 Å². The Morgan fingerprint density at radius 2 is 1.61 bits per heavy atom. The quantitative estimate of drug-likeness (QED) is 0.527. The van der Waals surface area contributed by atoms with E-state index in [0.717, 1.165) is 28.3 Å². The Morgan fingerprint density at radius 1 is 0.935 bits per heavy atom. The predicted octanol–water partition coefficient (Wildman–Crippen LogP) is 5.47. The maximum absolute atomic E-state index is 12.3. The summed E-state index contributed by atoms with van der Waals surface area (Å²) in [5.41, 5.74) is 3.97. The third-order valence-electron chi connectivity index (χ3n) is 4.66. The minimum Gasteiger partial charge on any atom is -0.497 e. The van der Waals surface area contributed by atoms with Gasteiger partial charge in [0.25, 0.3) is 5.91 Å². The minimum absolute atomic E-state index is 0.143. The smallest absolute Gasteiger partial charge is 0.264 e. The number of ether oxygens (including phenoxy) is 2. The summed E-state index contributed by atoms with van der Waals surface area (Å²) in [6.07, 6.45) is 1.85. The minimum atomic E-state index is -0.143. The average molecular weight is 431 g/mol. The van der Waals surface area contributed by atoms with Crippen molar-refractivity contribution in [2.75, 3.05) is 7.11 Å². The van der Waals surface area contributed by atoms with Gasteiger partial charge in [0.05, 0.1) is 17.7 Å². The van der Waals surface area contributed by atoms with Crippen molar-refractivity contribution in [3.63, 3.8) is 0 Å². The molecule has 31 heavy (non-hydrogen) atoms. The SMILES string of the molecule is COc1ccc(COc2ccc(/C=C3\SC(=Nc4ccc(C)cc4)NC3=O)cc2)cc1. The molecule has 1 fully saturated rings. The molecule has 0 aromatic heterocycles. The molecule has 1 aliphatic heterocycles. The Hall–Kier alpha value is -3.51. The summed E-state index contributed by atoms with van der Waals surface area (Å²) in [6.45, 7) is 2.50. The van der Waals surface area contributed by atoms with Gasteiger partial charge in [-0.25, -0.2) is 4.99 Å². The maximum Gasteiger partial charge on any atom is 0.264 e. The summed E-state index contributed by atoms with van der Waals surface area (Å²) in [5.74, 6) is 1.45. The van der Waals surface area contributed by atoms with E-state index < -0.39 is 0 Å². The Kier molecular flexibility index (Phi) is 6.38. The van der Waals surface area contributed by atoms with Crippen LogP contribution in [0.5, 0.6) is 11.5 Å². The average Bonchev–Trinajstić information content (AvgIpc) is 3.13. The molecule has 6 heteroatoms. The molecule has 4 rings (SSSR count). The van der Waals surface area contributed by atoms with Gasteiger partial charge >= 0.3 is 0 Å². The van der Waals surface area contributed by atoms with Crippen LogP contribution in [0.4, 0.5) is 5.69 Å². The fraction of sp³-hybridized carbons (Fsp3) is 0.120. The number of carbonyl (C=O) groups excluding carboxylic acids is 1. The molecule has 1 aliphatic rings. The number of nitrogens with zero attached hydrogens (tertiary/aromatic N) is 1. The van der Waals surface area contributed by atoms with E-state index in [0.29, 0.717) is 16.7 Å². The topological polar surface area (TPSA) is 59.9 Å². The molecular formula is C25H22N2O3S. The first-order valence-electron chi connectivity index (χ1n) is 9.81. The monoisotopic (exact) mass is 430 g/mol. The fourth-order valence-corrected chi connectivity index (χ4v) is 3.76. The summed E-state index contributed by atoms with van der Waals surface area (Å²) in [4.78, 5) is 17.4. The van der Waals surface area contributed by atoms with Gasteiger partial charge < -0.3 is 14.8 Å². The molecule has 0 atom stereocenters. The summed E-state index contributed by atoms with van der Waals surface area (Å²) in [7, 11) is 1.65. The Balaban J connectivity index is 1.38. The molecule has 3 aromatic carbocycles. The van der Waals surface area contributed by atoms with Gasteiger partial charge in [-0.1, -0.05) is 42.0 Å². The molecule has 3 aromatic rings. The molecule has 1 heterocycles. The van der Waals surface area contributed by atoms with Crippen molar-refractivity contribution in [3.8, 4) is 11.5 Å². The number of hydrogen-bond donors (Lipinski definition) is 1. The van der Waals surface area contributed by atoms with Crippen LogP contribution in [0.15, 0.2) is 82.7 Å². The third-order valence-corrected chi connectivity index (χ3v) is 5.57. The molecule has 1 saturated heterocycles. The van der Waals surface area contributed by atoms with E-state index in [9.17, 15) is 4.79 Å². The maximum atomic E-state index is 12.3. The second-order valence-electron chi connectivity index (χ2n) is 7.02. The number of methoxy groups -OCH3 is 1. The van der Waals surface area contributed by atoms with Crippen molar-refractivity contribution < 1.29 is 14.3 Å². The summed E-state index contributed by atoms with van der Waals surface area (Å²) in [5, 5.41) is 3.40. The molecular weight excluding hydrogens is 408 g/mol. The summed E-state index contributed by atoms with van der Waals surface area (Å²) >= 11 is 1.34. The van der Waals surface area contributed by atoms with Crippen molar-refractivity contribution in [3.05, 3.63) is 94.4 Å². The zero-order valence-electron chi connectivity index (χ0n) is 17.3. The zero-order valence-corrected chi connectivity index (χ0v) is 18.1. The fourth-order valence-electron chi connectivity index (χ4n) is 2.92. The lowest BCUT2D eigenvalue weighted by atomic mass is 10.2. The standard InChI is InChI=1S/C25H22N2O3S/c1-17-3-9-20(10-4-17)26-25-27-24(28)23(31-25)15-18-5-13-22(14-6-18)30-16-19-7-11-21(29-2)12-8-19/h3-15H,16H2,1-2H3,(H,26,27,28)/b23-15-. The van der Waals surface area contributed by atoms with Gasteiger partial charge in [-0.2, -0.15) is 0 Å². The normalized spacial score (nSPS) is 15.9. The number of aliphatic imine (C=N–C) groups is 1. The van der Waals surface area contributed by atoms with Crippen LogP contribution in [0.1, 0.15) is 16.7 Å². The Bertz CT molecular complexity index is 1120. The third kappa shape index (κ3) is 5.55. The van der Waals surface area contributed by atoms with Crippen LogP contribution in [0, 0.1) is 6.92 Å². The van der Waals surface area contributed by atoms with Gasteiger partial charge in [0.15, 0.2) is 5.17 Å². The van der Waals surface area contributed by atoms with Gasteiger partial charge in [-0.3, -0.25) is 4.79 Å². The first kappa shape index (κ1) is 20.8. The number of rotatable bonds is 6. The van der Waals surface area contributed by atoms with E-state index in [4.69, 9.17) is 9.47 Å². The first-order valence-corrected chi connectivity index (χ1v) is 10.6. The van der Waals surface area contributed by atoms with Crippen LogP contribution in [0.25, 0.3) is 6.08 Å². The van der Waals surface area contributed by atoms with Crippen molar-refractivity contribution >= 4 is 34.6 Å². The van der Waals surface area contributed by atoms with Crippen LogP contribution < -0.4 is 14.8 Å². The summed E-state index contributed by atoms with van der Waals surface area (Å²) < 4.78 is 11.0. The number of thioether (sulfide) groups is 1. The highest BCUT2D eigenvalue weighted by atomic mass is 32.2. The highest BCUT2D eigenvalue weighted by Crippen LogP contribution is 2.28. The molecule has 0 saturated carbocycles. The molecule has 0 bridgehead atoms. The van der Waals surface area contributed by atoms with E-state index in [1.165, 1.54) is 17.3 Å². The predicted molar refractivity (Wildman–Crippen MR) is 126 cm³/mol. The van der Waals surface area contributed by atoms with E-state index >= 15 is 0 Å². The second-order valence-corrected chi connectivity index (χ2v) is 8.05. The van der Waals surface area contributed by atoms with Gasteiger partial charge in [-0.15, -0.1) is 0 Å². The molecule has 1 amide bonds. The van der Waals surface area contributed by atoms with Crippen LogP contribution in [0.3, 0.4) is 0 Å². The van der Waals surface area contributed by atoms with Gasteiger partial charge in [0.2, 0.25) is 0 Å². The number of aryl methyl sites for hydroxylation is 1. The summed E-state index contributed by atoms with van der Waals surface area (Å²) in [6, 6.07) is 23.3. The van der Waals surface area contributed by atoms with E-state index in [1.54, 1.807) is 7.11 Å². The first-order chi connectivity index (χ1) is 15.1. The number of carbonyl (C=O) groups is 1. The lowest BCUT2D eigenvalue weighted by Gasteiger charge is -2.07. The molecule has 0 aliphatic carbocycles. The number of benzene rings is 3. The van der Waals surface area contributed by atoms with Crippen molar-refractivity contribution in [1.82, 2.24) is 5.32 Å². The zero-order chi connectivity index (χ0) is 21.6. The molecule has 5 nitrogen and oxygen atoms in total. The lowest BCUT2D eigenvalue weighted by Crippen LogP contribution is -2.19. The van der Waals surface area contributed by atoms with Crippen LogP contribution in [0.2, 0.25) is 0 Å². The molecule has 0 unspecified atom stereocenters. The highest BCUT2D eigenvalue weighted by molar-refractivity contribution is 8.18. The Labute approximate surface area is 185 Å². The molecule has 0 spiro atoms. The van der Waals surface area contributed by atoms with E-state index in [-0.39, 0.29) is 5.91 Å². The van der Waals surface area contributed by atoms with Crippen molar-refractivity contribution in [2.45, 2.75) is 13.5 Å². The van der Waals surface area contributed by atoms with Crippen molar-refractivity contribution in [1.29, 1.82) is 0 Å². The van der Waals surface area contributed by atoms with Crippen LogP contribution in [-0.4, -0.2) is 18.2 Å². The molecule has 156 valence electrons. The second kappa shape index (κ2) is 9.53. The van der Waals surface area contributed by atoms with Crippen molar-refractivity contribution in [2.24, 2.45) is 4.99 Å². The van der Waals surface area contributed by atoms with Gasteiger partial charge in [-0.05, 0) is 72.3 Å². The highest BCUT2D eigenvalue weighted by Gasteiger charge is 2.23. The Morgan fingerprint density at radius 3 is 2.29 bits per heavy atom.